The lowest BCUT2D eigenvalue weighted by Crippen LogP contribution is -2.58. The highest BCUT2D eigenvalue weighted by molar-refractivity contribution is 5.95. The van der Waals surface area contributed by atoms with Crippen molar-refractivity contribution < 1.29 is 33.0 Å². The number of amides is 2. The first-order valence-electron chi connectivity index (χ1n) is 14.2. The van der Waals surface area contributed by atoms with Crippen LogP contribution in [0.25, 0.3) is 0 Å². The second-order valence-corrected chi connectivity index (χ2v) is 11.4. The van der Waals surface area contributed by atoms with E-state index in [1.54, 1.807) is 68.4 Å². The molecule has 1 aromatic heterocycles. The molecule has 0 aliphatic carbocycles. The number of aliphatic carboxylic acids is 1. The molecular formula is C31H36F2N6O5. The Hall–Kier alpha value is -4.81. The highest BCUT2D eigenvalue weighted by Crippen LogP contribution is 2.28. The first-order valence-corrected chi connectivity index (χ1v) is 14.2. The standard InChI is InChI=1S/C31H36F2N6O5/c1-31(2,3)39(30(43)44-19-20-8-5-4-6-9-20)24(28(41)42)18-36-27(40)22-10-11-23(26(33)25(22)32)38-16-12-21(13-17-38)37-29-34-14-7-15-35-29/h4-11,14-15,21,24H,12-13,16-19H2,1-3H3,(H,36,40)(H,41,42)(H,34,35,37)/t24-/m0/s1. The Bertz CT molecular complexity index is 1450. The highest BCUT2D eigenvalue weighted by Gasteiger charge is 2.39. The number of rotatable bonds is 10. The van der Waals surface area contributed by atoms with E-state index in [-0.39, 0.29) is 18.3 Å². The molecule has 0 unspecified atom stereocenters. The van der Waals surface area contributed by atoms with Crippen molar-refractivity contribution >= 4 is 29.6 Å². The fraction of sp³-hybridized carbons (Fsp3) is 0.387. The zero-order chi connectivity index (χ0) is 31.9. The Morgan fingerprint density at radius 3 is 2.30 bits per heavy atom. The molecule has 44 heavy (non-hydrogen) atoms. The Balaban J connectivity index is 1.40. The molecular weight excluding hydrogens is 574 g/mol. The third-order valence-corrected chi connectivity index (χ3v) is 7.22. The van der Waals surface area contributed by atoms with Crippen molar-refractivity contribution in [2.24, 2.45) is 0 Å². The summed E-state index contributed by atoms with van der Waals surface area (Å²) in [4.78, 5) is 49.2. The van der Waals surface area contributed by atoms with E-state index in [2.05, 4.69) is 20.6 Å². The number of carboxylic acids is 1. The van der Waals surface area contributed by atoms with Gasteiger partial charge >= 0.3 is 12.1 Å². The molecule has 13 heteroatoms. The van der Waals surface area contributed by atoms with Crippen molar-refractivity contribution in [3.8, 4) is 0 Å². The van der Waals surface area contributed by atoms with Crippen molar-refractivity contribution in [1.82, 2.24) is 20.2 Å². The van der Waals surface area contributed by atoms with Gasteiger partial charge < -0.3 is 25.4 Å². The SMILES string of the molecule is CC(C)(C)N(C(=O)OCc1ccccc1)[C@@H](CNC(=O)c1ccc(N2CCC(Nc3ncccn3)CC2)c(F)c1F)C(=O)O. The van der Waals surface area contributed by atoms with Crippen molar-refractivity contribution in [3.63, 3.8) is 0 Å². The molecule has 1 aliphatic rings. The number of carboxylic acid groups (broad SMARTS) is 1. The number of carbonyl (C=O) groups is 3. The van der Waals surface area contributed by atoms with Crippen LogP contribution in [0, 0.1) is 11.6 Å². The normalized spacial score (nSPS) is 14.4. The van der Waals surface area contributed by atoms with Gasteiger partial charge in [0.15, 0.2) is 17.7 Å². The average molecular weight is 611 g/mol. The number of aromatic nitrogens is 2. The summed E-state index contributed by atoms with van der Waals surface area (Å²) >= 11 is 0. The molecule has 234 valence electrons. The number of anilines is 2. The van der Waals surface area contributed by atoms with Gasteiger partial charge in [0.05, 0.1) is 11.3 Å². The van der Waals surface area contributed by atoms with Gasteiger partial charge in [-0.15, -0.1) is 0 Å². The third-order valence-electron chi connectivity index (χ3n) is 7.22. The average Bonchev–Trinajstić information content (AvgIpc) is 3.00. The van der Waals surface area contributed by atoms with Crippen LogP contribution in [0.5, 0.6) is 0 Å². The summed E-state index contributed by atoms with van der Waals surface area (Å²) < 4.78 is 35.7. The molecule has 2 aromatic carbocycles. The van der Waals surface area contributed by atoms with E-state index in [9.17, 15) is 19.5 Å². The summed E-state index contributed by atoms with van der Waals surface area (Å²) in [5.41, 5.74) is -0.866. The Kier molecular flexibility index (Phi) is 10.3. The molecule has 2 amide bonds. The number of benzene rings is 2. The van der Waals surface area contributed by atoms with Crippen LogP contribution in [0.15, 0.2) is 60.9 Å². The predicted molar refractivity (Wildman–Crippen MR) is 159 cm³/mol. The van der Waals surface area contributed by atoms with Crippen LogP contribution in [0.4, 0.5) is 25.2 Å². The summed E-state index contributed by atoms with van der Waals surface area (Å²) in [6.45, 7) is 5.09. The minimum absolute atomic E-state index is 0.0249. The van der Waals surface area contributed by atoms with Gasteiger partial charge in [-0.3, -0.25) is 9.69 Å². The van der Waals surface area contributed by atoms with Gasteiger partial charge in [0.25, 0.3) is 5.91 Å². The maximum Gasteiger partial charge on any atom is 0.411 e. The predicted octanol–water partition coefficient (Wildman–Crippen LogP) is 4.46. The van der Waals surface area contributed by atoms with E-state index >= 15 is 8.78 Å². The van der Waals surface area contributed by atoms with E-state index < -0.39 is 53.3 Å². The monoisotopic (exact) mass is 610 g/mol. The minimum atomic E-state index is -1.55. The van der Waals surface area contributed by atoms with Gasteiger partial charge in [0, 0.05) is 43.6 Å². The number of nitrogens with one attached hydrogen (secondary N) is 2. The molecule has 2 heterocycles. The van der Waals surface area contributed by atoms with E-state index in [0.717, 1.165) is 11.0 Å². The Morgan fingerprint density at radius 1 is 1.02 bits per heavy atom. The van der Waals surface area contributed by atoms with Crippen LogP contribution in [-0.4, -0.2) is 75.2 Å². The fourth-order valence-corrected chi connectivity index (χ4v) is 5.01. The number of nitrogens with zero attached hydrogens (tertiary/aromatic N) is 4. The molecule has 0 saturated carbocycles. The van der Waals surface area contributed by atoms with Crippen LogP contribution < -0.4 is 15.5 Å². The zero-order valence-electron chi connectivity index (χ0n) is 24.8. The topological polar surface area (TPSA) is 137 Å². The number of hydrogen-bond acceptors (Lipinski definition) is 8. The smallest absolute Gasteiger partial charge is 0.411 e. The lowest BCUT2D eigenvalue weighted by atomic mass is 10.0. The third kappa shape index (κ3) is 7.97. The number of carbonyl (C=O) groups excluding carboxylic acids is 2. The first kappa shape index (κ1) is 32.1. The number of piperidine rings is 1. The summed E-state index contributed by atoms with van der Waals surface area (Å²) in [6, 6.07) is 11.6. The molecule has 0 radical (unpaired) electrons. The molecule has 1 fully saturated rings. The largest absolute Gasteiger partial charge is 0.480 e. The molecule has 3 aromatic rings. The number of halogens is 2. The summed E-state index contributed by atoms with van der Waals surface area (Å²) in [6.07, 6.45) is 3.63. The van der Waals surface area contributed by atoms with Crippen LogP contribution in [0.3, 0.4) is 0 Å². The van der Waals surface area contributed by atoms with Gasteiger partial charge in [0.2, 0.25) is 5.95 Å². The molecule has 0 spiro atoms. The van der Waals surface area contributed by atoms with E-state index in [4.69, 9.17) is 4.74 Å². The second-order valence-electron chi connectivity index (χ2n) is 11.4. The first-order chi connectivity index (χ1) is 21.0. The number of hydrogen-bond donors (Lipinski definition) is 3. The molecule has 3 N–H and O–H groups in total. The van der Waals surface area contributed by atoms with Gasteiger partial charge in [-0.25, -0.2) is 28.3 Å². The molecule has 1 saturated heterocycles. The van der Waals surface area contributed by atoms with Crippen molar-refractivity contribution in [2.45, 2.75) is 57.8 Å². The van der Waals surface area contributed by atoms with E-state index in [1.807, 2.05) is 6.07 Å². The lowest BCUT2D eigenvalue weighted by molar-refractivity contribution is -0.144. The van der Waals surface area contributed by atoms with Gasteiger partial charge in [0.1, 0.15) is 6.61 Å². The maximum atomic E-state index is 15.2. The van der Waals surface area contributed by atoms with Gasteiger partial charge in [-0.05, 0) is 57.4 Å². The summed E-state index contributed by atoms with van der Waals surface area (Å²) in [5.74, 6) is -4.45. The van der Waals surface area contributed by atoms with Crippen LogP contribution >= 0.6 is 0 Å². The zero-order valence-corrected chi connectivity index (χ0v) is 24.8. The fourth-order valence-electron chi connectivity index (χ4n) is 5.01. The Labute approximate surface area is 254 Å². The van der Waals surface area contributed by atoms with Crippen LogP contribution in [-0.2, 0) is 16.1 Å². The van der Waals surface area contributed by atoms with Crippen LogP contribution in [0.1, 0.15) is 49.5 Å². The summed E-state index contributed by atoms with van der Waals surface area (Å²) in [5, 5.41) is 15.5. The minimum Gasteiger partial charge on any atom is -0.480 e. The molecule has 1 atom stereocenters. The second kappa shape index (κ2) is 14.1. The maximum absolute atomic E-state index is 15.2. The van der Waals surface area contributed by atoms with Crippen molar-refractivity contribution in [1.29, 1.82) is 0 Å². The Morgan fingerprint density at radius 2 is 1.68 bits per heavy atom. The quantitative estimate of drug-likeness (QED) is 0.304. The molecule has 11 nitrogen and oxygen atoms in total. The molecule has 4 rings (SSSR count). The number of ether oxygens (including phenoxy) is 1. The van der Waals surface area contributed by atoms with Crippen molar-refractivity contribution in [2.75, 3.05) is 29.9 Å². The van der Waals surface area contributed by atoms with E-state index in [0.29, 0.717) is 37.4 Å². The van der Waals surface area contributed by atoms with E-state index in [1.165, 1.54) is 6.07 Å². The highest BCUT2D eigenvalue weighted by atomic mass is 19.2. The molecule has 0 bridgehead atoms. The van der Waals surface area contributed by atoms with Crippen molar-refractivity contribution in [3.05, 3.63) is 83.7 Å². The van der Waals surface area contributed by atoms with Gasteiger partial charge in [-0.1, -0.05) is 30.3 Å². The lowest BCUT2D eigenvalue weighted by Gasteiger charge is -2.38. The van der Waals surface area contributed by atoms with Crippen LogP contribution in [0.2, 0.25) is 0 Å². The van der Waals surface area contributed by atoms with Gasteiger partial charge in [-0.2, -0.15) is 0 Å². The molecule has 1 aliphatic heterocycles. The summed E-state index contributed by atoms with van der Waals surface area (Å²) in [7, 11) is 0.